The number of carbonyl (C=O) groups is 2. The fourth-order valence-corrected chi connectivity index (χ4v) is 3.22. The first-order valence-corrected chi connectivity index (χ1v) is 13.4. The smallest absolute Gasteiger partial charge is 0.325 e. The minimum absolute atomic E-state index is 1.00. The van der Waals surface area contributed by atoms with E-state index in [4.69, 9.17) is 19.5 Å². The van der Waals surface area contributed by atoms with Crippen LogP contribution in [0.5, 0.6) is 0 Å². The zero-order valence-corrected chi connectivity index (χ0v) is 20.5. The van der Waals surface area contributed by atoms with Crippen molar-refractivity contribution in [2.75, 3.05) is 13.2 Å². The van der Waals surface area contributed by atoms with Crippen LogP contribution in [0.15, 0.2) is 0 Å². The third kappa shape index (κ3) is 22.6. The molecule has 0 aliphatic rings. The van der Waals surface area contributed by atoms with Gasteiger partial charge in [-0.2, -0.15) is 8.42 Å². The molecule has 0 amide bonds. The van der Waals surface area contributed by atoms with E-state index >= 15 is 0 Å². The Bertz CT molecular complexity index is 469. The van der Waals surface area contributed by atoms with Crippen molar-refractivity contribution in [1.82, 2.24) is 0 Å². The van der Waals surface area contributed by atoms with Crippen molar-refractivity contribution in [2.24, 2.45) is 0 Å². The summed E-state index contributed by atoms with van der Waals surface area (Å²) in [5.41, 5.74) is 0. The van der Waals surface area contributed by atoms with E-state index < -0.39 is 33.7 Å². The van der Waals surface area contributed by atoms with E-state index in [0.29, 0.717) is 0 Å². The third-order valence-electron chi connectivity index (χ3n) is 3.78. The largest absolute Gasteiger partial charge is 0.481 e. The molecule has 0 aromatic heterocycles. The van der Waals surface area contributed by atoms with Crippen LogP contribution >= 0.6 is 0 Å². The van der Waals surface area contributed by atoms with Gasteiger partial charge in [0.15, 0.2) is 5.25 Å². The molecule has 0 saturated carbocycles. The topological polar surface area (TPSA) is 138 Å². The van der Waals surface area contributed by atoms with Gasteiger partial charge in [0.25, 0.3) is 10.1 Å². The molecule has 0 saturated heterocycles. The molecule has 1 unspecified atom stereocenters. The zero-order valence-electron chi connectivity index (χ0n) is 16.6. The standard InChI is InChI=1S/C13H27O.C4H6O7S.K/c1-3-5-6-7-8-9-10-11-13-14-12-4-2;5-3(6)1-2(4(7)8)12(9,10)11;/h2-13H2,1H3;2H,1H2,(H,5,6)(H,7,8)(H,9,10,11);. The average Bonchev–Trinajstić information content (AvgIpc) is 2.57. The van der Waals surface area contributed by atoms with Crippen molar-refractivity contribution in [3.8, 4) is 0 Å². The number of rotatable bonds is 16. The van der Waals surface area contributed by atoms with E-state index in [9.17, 15) is 18.0 Å². The van der Waals surface area contributed by atoms with Gasteiger partial charge >= 0.3 is 131 Å². The van der Waals surface area contributed by atoms with E-state index in [1.54, 1.807) is 0 Å². The second kappa shape index (κ2) is 19.7. The average molecular weight is 437 g/mol. The monoisotopic (exact) mass is 436 g/mol. The van der Waals surface area contributed by atoms with Gasteiger partial charge in [-0.3, -0.25) is 14.1 Å². The van der Waals surface area contributed by atoms with Crippen LogP contribution in [-0.2, 0) is 24.4 Å². The molecule has 0 aromatic rings. The van der Waals surface area contributed by atoms with Crippen molar-refractivity contribution >= 4 is 71.0 Å². The van der Waals surface area contributed by atoms with Crippen LogP contribution in [0.3, 0.4) is 0 Å². The van der Waals surface area contributed by atoms with Crippen LogP contribution in [0.1, 0.15) is 71.1 Å². The second-order valence-corrected chi connectivity index (χ2v) is 9.54. The molecule has 0 bridgehead atoms. The number of unbranched alkanes of at least 4 members (excludes halogenated alkanes) is 7. The van der Waals surface area contributed by atoms with Crippen molar-refractivity contribution < 1.29 is 37.5 Å². The number of carboxylic acids is 2. The molecule has 1 atom stereocenters. The molecule has 0 spiro atoms. The number of hydrogen-bond donors (Lipinski definition) is 3. The molecule has 0 aromatic carbocycles. The summed E-state index contributed by atoms with van der Waals surface area (Å²) in [5, 5.41) is 13.9. The molecule has 0 radical (unpaired) electrons. The molecule has 0 fully saturated rings. The van der Waals surface area contributed by atoms with Crippen LogP contribution < -0.4 is 0 Å². The van der Waals surface area contributed by atoms with E-state index in [2.05, 4.69) is 6.92 Å². The van der Waals surface area contributed by atoms with Crippen LogP contribution in [0, 0.1) is 0 Å². The van der Waals surface area contributed by atoms with E-state index in [1.165, 1.54) is 58.3 Å². The summed E-state index contributed by atoms with van der Waals surface area (Å²) in [4.78, 5) is 20.0. The van der Waals surface area contributed by atoms with Gasteiger partial charge in [-0.05, 0) is 0 Å². The summed E-state index contributed by atoms with van der Waals surface area (Å²) >= 11 is 1.02. The number of aliphatic carboxylic acids is 2. The summed E-state index contributed by atoms with van der Waals surface area (Å²) in [6.07, 6.45) is 11.3. The van der Waals surface area contributed by atoms with Crippen molar-refractivity contribution in [2.45, 2.75) is 76.9 Å². The van der Waals surface area contributed by atoms with Gasteiger partial charge in [0.05, 0.1) is 6.42 Å². The maximum Gasteiger partial charge on any atom is 0.325 e. The second-order valence-electron chi connectivity index (χ2n) is 6.38. The first-order chi connectivity index (χ1) is 12.7. The Morgan fingerprint density at radius 3 is 1.78 bits per heavy atom. The summed E-state index contributed by atoms with van der Waals surface area (Å²) in [5.74, 6) is -3.50. The van der Waals surface area contributed by atoms with Crippen molar-refractivity contribution in [3.63, 3.8) is 0 Å². The molecule has 8 nitrogen and oxygen atoms in total. The van der Waals surface area contributed by atoms with Gasteiger partial charge in [-0.15, -0.1) is 0 Å². The summed E-state index contributed by atoms with van der Waals surface area (Å²) in [7, 11) is -4.84. The molecular weight excluding hydrogens is 403 g/mol. The Hall–Kier alpha value is 0.446. The van der Waals surface area contributed by atoms with Crippen LogP contribution in [0.2, 0.25) is 0.515 Å². The van der Waals surface area contributed by atoms with Gasteiger partial charge in [0.2, 0.25) is 0 Å². The Labute approximate surface area is 196 Å². The van der Waals surface area contributed by atoms with Crippen LogP contribution in [0.4, 0.5) is 0 Å². The molecule has 0 heterocycles. The zero-order chi connectivity index (χ0) is 21.1. The molecule has 0 aliphatic heterocycles. The predicted octanol–water partition coefficient (Wildman–Crippen LogP) is 2.92. The Morgan fingerprint density at radius 1 is 0.926 bits per heavy atom. The SMILES string of the molecule is CCCCCCCCCCOCC[CH2][K].O=C(O)CC(C(=O)O)S(=O)(=O)O. The quantitative estimate of drug-likeness (QED) is 0.191. The maximum atomic E-state index is 10.2. The molecule has 156 valence electrons. The minimum atomic E-state index is -4.84. The van der Waals surface area contributed by atoms with Crippen LogP contribution in [-0.4, -0.2) is 103 Å². The number of carboxylic acid groups (broad SMARTS) is 2. The maximum absolute atomic E-state index is 10.2. The van der Waals surface area contributed by atoms with Crippen LogP contribution in [0.25, 0.3) is 0 Å². The summed E-state index contributed by atoms with van der Waals surface area (Å²) in [6, 6.07) is 0. The van der Waals surface area contributed by atoms with Crippen molar-refractivity contribution in [3.05, 3.63) is 0 Å². The predicted molar refractivity (Wildman–Crippen MR) is 104 cm³/mol. The Balaban J connectivity index is 0. The van der Waals surface area contributed by atoms with E-state index in [0.717, 1.165) is 62.2 Å². The van der Waals surface area contributed by atoms with Gasteiger partial charge in [0, 0.05) is 0 Å². The Morgan fingerprint density at radius 2 is 1.41 bits per heavy atom. The molecule has 27 heavy (non-hydrogen) atoms. The van der Waals surface area contributed by atoms with Gasteiger partial charge in [-0.25, -0.2) is 0 Å². The van der Waals surface area contributed by atoms with Gasteiger partial charge in [0.1, 0.15) is 0 Å². The third-order valence-corrected chi connectivity index (χ3v) is 5.97. The van der Waals surface area contributed by atoms with Gasteiger partial charge < -0.3 is 10.2 Å². The minimum Gasteiger partial charge on any atom is -0.481 e. The normalized spacial score (nSPS) is 12.1. The number of ether oxygens (including phenoxy) is 1. The van der Waals surface area contributed by atoms with Gasteiger partial charge in [-0.1, -0.05) is 13.3 Å². The molecule has 0 aliphatic carbocycles. The van der Waals surface area contributed by atoms with E-state index in [1.807, 2.05) is 0 Å². The summed E-state index contributed by atoms with van der Waals surface area (Å²) in [6.45, 7) is 4.29. The Kier molecular flexibility index (Phi) is 21.7. The molecule has 0 rings (SSSR count). The first kappa shape index (κ1) is 29.6. The molecule has 10 heteroatoms. The molecular formula is C17H33KO8S. The first-order valence-electron chi connectivity index (χ1n) is 9.65. The molecule has 3 N–H and O–H groups in total. The van der Waals surface area contributed by atoms with Crippen molar-refractivity contribution in [1.29, 1.82) is 0 Å². The fraction of sp³-hybridized carbons (Fsp3) is 0.882. The number of hydrogen-bond acceptors (Lipinski definition) is 5. The van der Waals surface area contributed by atoms with E-state index in [-0.39, 0.29) is 0 Å². The fourth-order valence-electron chi connectivity index (χ4n) is 2.17. The summed E-state index contributed by atoms with van der Waals surface area (Å²) < 4.78 is 35.6.